The van der Waals surface area contributed by atoms with Gasteiger partial charge in [0.15, 0.2) is 5.78 Å². The highest BCUT2D eigenvalue weighted by Gasteiger charge is 2.14. The number of nitrogens with two attached hydrogens (primary N) is 1. The van der Waals surface area contributed by atoms with Gasteiger partial charge < -0.3 is 5.73 Å². The molecule has 1 aromatic carbocycles. The third-order valence-corrected chi connectivity index (χ3v) is 3.79. The van der Waals surface area contributed by atoms with Crippen LogP contribution in [0.5, 0.6) is 0 Å². The van der Waals surface area contributed by atoms with E-state index in [0.717, 1.165) is 20.9 Å². The molecule has 0 aliphatic carbocycles. The van der Waals surface area contributed by atoms with Crippen molar-refractivity contribution < 1.29 is 4.79 Å². The van der Waals surface area contributed by atoms with Gasteiger partial charge in [-0.15, -0.1) is 11.3 Å². The summed E-state index contributed by atoms with van der Waals surface area (Å²) in [4.78, 5) is 14.5. The van der Waals surface area contributed by atoms with Gasteiger partial charge in [-0.05, 0) is 38.5 Å². The summed E-state index contributed by atoms with van der Waals surface area (Å²) in [6.45, 7) is 5.92. The molecule has 0 radical (unpaired) electrons. The fourth-order valence-corrected chi connectivity index (χ4v) is 2.71. The molecule has 0 bridgehead atoms. The van der Waals surface area contributed by atoms with E-state index in [2.05, 4.69) is 0 Å². The van der Waals surface area contributed by atoms with Crippen LogP contribution in [0.4, 0.5) is 5.69 Å². The van der Waals surface area contributed by atoms with Crippen molar-refractivity contribution in [3.63, 3.8) is 0 Å². The van der Waals surface area contributed by atoms with Crippen LogP contribution in [0, 0.1) is 20.8 Å². The van der Waals surface area contributed by atoms with Crippen molar-refractivity contribution in [3.05, 3.63) is 50.7 Å². The number of carbonyl (C=O) groups excluding carboxylic acids is 1. The van der Waals surface area contributed by atoms with Crippen LogP contribution in [-0.2, 0) is 0 Å². The Labute approximate surface area is 105 Å². The minimum absolute atomic E-state index is 0.0542. The SMILES string of the molecule is Cc1cc(C(=O)c2ccc(C)c(N)c2)c(C)s1. The zero-order chi connectivity index (χ0) is 12.6. The summed E-state index contributed by atoms with van der Waals surface area (Å²) >= 11 is 1.65. The minimum Gasteiger partial charge on any atom is -0.398 e. The zero-order valence-corrected chi connectivity index (χ0v) is 11.0. The first-order valence-electron chi connectivity index (χ1n) is 5.47. The number of benzene rings is 1. The molecular formula is C14H15NOS. The number of carbonyl (C=O) groups is 1. The summed E-state index contributed by atoms with van der Waals surface area (Å²) < 4.78 is 0. The molecular weight excluding hydrogens is 230 g/mol. The zero-order valence-electron chi connectivity index (χ0n) is 10.2. The topological polar surface area (TPSA) is 43.1 Å². The van der Waals surface area contributed by atoms with Crippen LogP contribution in [0.15, 0.2) is 24.3 Å². The van der Waals surface area contributed by atoms with Crippen LogP contribution in [0.3, 0.4) is 0 Å². The van der Waals surface area contributed by atoms with Crippen molar-refractivity contribution in [1.29, 1.82) is 0 Å². The maximum absolute atomic E-state index is 12.3. The Morgan fingerprint density at radius 3 is 2.41 bits per heavy atom. The van der Waals surface area contributed by atoms with Crippen LogP contribution in [0.2, 0.25) is 0 Å². The second-order valence-corrected chi connectivity index (χ2v) is 5.69. The third kappa shape index (κ3) is 2.24. The van der Waals surface area contributed by atoms with Crippen LogP contribution < -0.4 is 5.73 Å². The summed E-state index contributed by atoms with van der Waals surface area (Å²) in [7, 11) is 0. The van der Waals surface area contributed by atoms with E-state index in [-0.39, 0.29) is 5.78 Å². The van der Waals surface area contributed by atoms with Gasteiger partial charge in [0.1, 0.15) is 0 Å². The number of ketones is 1. The van der Waals surface area contributed by atoms with Gasteiger partial charge in [0, 0.05) is 26.6 Å². The van der Waals surface area contributed by atoms with E-state index in [0.29, 0.717) is 11.3 Å². The van der Waals surface area contributed by atoms with Gasteiger partial charge in [-0.2, -0.15) is 0 Å². The van der Waals surface area contributed by atoms with Crippen molar-refractivity contribution in [3.8, 4) is 0 Å². The second kappa shape index (κ2) is 4.34. The van der Waals surface area contributed by atoms with Gasteiger partial charge in [0.05, 0.1) is 0 Å². The van der Waals surface area contributed by atoms with E-state index in [4.69, 9.17) is 5.73 Å². The van der Waals surface area contributed by atoms with Gasteiger partial charge in [-0.3, -0.25) is 4.79 Å². The Morgan fingerprint density at radius 1 is 1.18 bits per heavy atom. The smallest absolute Gasteiger partial charge is 0.194 e. The Kier molecular flexibility index (Phi) is 3.03. The molecule has 1 aromatic heterocycles. The Hall–Kier alpha value is -1.61. The first-order chi connectivity index (χ1) is 7.99. The number of thiophene rings is 1. The molecule has 0 spiro atoms. The number of hydrogen-bond acceptors (Lipinski definition) is 3. The molecule has 2 rings (SSSR count). The minimum atomic E-state index is 0.0542. The molecule has 0 unspecified atom stereocenters. The van der Waals surface area contributed by atoms with Crippen LogP contribution in [0.1, 0.15) is 31.2 Å². The first kappa shape index (κ1) is 11.9. The van der Waals surface area contributed by atoms with Gasteiger partial charge in [0.25, 0.3) is 0 Å². The summed E-state index contributed by atoms with van der Waals surface area (Å²) in [6.07, 6.45) is 0. The monoisotopic (exact) mass is 245 g/mol. The highest BCUT2D eigenvalue weighted by Crippen LogP contribution is 2.24. The van der Waals surface area contributed by atoms with E-state index in [9.17, 15) is 4.79 Å². The lowest BCUT2D eigenvalue weighted by atomic mass is 10.0. The number of nitrogen functional groups attached to an aromatic ring is 1. The number of hydrogen-bond donors (Lipinski definition) is 1. The van der Waals surface area contributed by atoms with Gasteiger partial charge >= 0.3 is 0 Å². The van der Waals surface area contributed by atoms with E-state index < -0.39 is 0 Å². The molecule has 0 amide bonds. The summed E-state index contributed by atoms with van der Waals surface area (Å²) in [5.74, 6) is 0.0542. The largest absolute Gasteiger partial charge is 0.398 e. The molecule has 3 heteroatoms. The van der Waals surface area contributed by atoms with Crippen LogP contribution in [0.25, 0.3) is 0 Å². The maximum atomic E-state index is 12.3. The quantitative estimate of drug-likeness (QED) is 0.650. The van der Waals surface area contributed by atoms with Crippen molar-refractivity contribution in [2.45, 2.75) is 20.8 Å². The van der Waals surface area contributed by atoms with Crippen molar-refractivity contribution in [1.82, 2.24) is 0 Å². The van der Waals surface area contributed by atoms with E-state index in [1.54, 1.807) is 17.4 Å². The lowest BCUT2D eigenvalue weighted by molar-refractivity contribution is 0.103. The fraction of sp³-hybridized carbons (Fsp3) is 0.214. The van der Waals surface area contributed by atoms with E-state index >= 15 is 0 Å². The molecule has 2 aromatic rings. The molecule has 2 N–H and O–H groups in total. The predicted octanol–water partition coefficient (Wildman–Crippen LogP) is 3.49. The first-order valence-corrected chi connectivity index (χ1v) is 6.28. The Bertz CT molecular complexity index is 584. The van der Waals surface area contributed by atoms with Crippen molar-refractivity contribution in [2.75, 3.05) is 5.73 Å². The Morgan fingerprint density at radius 2 is 1.88 bits per heavy atom. The van der Waals surface area contributed by atoms with Crippen molar-refractivity contribution >= 4 is 22.8 Å². The number of anilines is 1. The summed E-state index contributed by atoms with van der Waals surface area (Å²) in [5, 5.41) is 0. The highest BCUT2D eigenvalue weighted by molar-refractivity contribution is 7.12. The summed E-state index contributed by atoms with van der Waals surface area (Å²) in [6, 6.07) is 7.42. The lowest BCUT2D eigenvalue weighted by Crippen LogP contribution is -2.03. The molecule has 88 valence electrons. The predicted molar refractivity (Wildman–Crippen MR) is 72.8 cm³/mol. The Balaban J connectivity index is 2.44. The molecule has 0 saturated heterocycles. The van der Waals surface area contributed by atoms with Crippen LogP contribution >= 0.6 is 11.3 Å². The average molecular weight is 245 g/mol. The van der Waals surface area contributed by atoms with E-state index in [1.807, 2.05) is 39.0 Å². The van der Waals surface area contributed by atoms with E-state index in [1.165, 1.54) is 0 Å². The molecule has 0 atom stereocenters. The number of rotatable bonds is 2. The standard InChI is InChI=1S/C14H15NOS/c1-8-4-5-11(7-13(8)15)14(16)12-6-9(2)17-10(12)3/h4-7H,15H2,1-3H3. The lowest BCUT2D eigenvalue weighted by Gasteiger charge is -2.04. The van der Waals surface area contributed by atoms with Crippen LogP contribution in [-0.4, -0.2) is 5.78 Å². The fourth-order valence-electron chi connectivity index (χ4n) is 1.79. The second-order valence-electron chi connectivity index (χ2n) is 4.23. The molecule has 0 fully saturated rings. The highest BCUT2D eigenvalue weighted by atomic mass is 32.1. The van der Waals surface area contributed by atoms with Gasteiger partial charge in [-0.1, -0.05) is 12.1 Å². The summed E-state index contributed by atoms with van der Waals surface area (Å²) in [5.41, 5.74) is 8.95. The van der Waals surface area contributed by atoms with Gasteiger partial charge in [-0.25, -0.2) is 0 Å². The number of aryl methyl sites for hydroxylation is 3. The molecule has 0 aliphatic heterocycles. The molecule has 1 heterocycles. The molecule has 0 saturated carbocycles. The molecule has 17 heavy (non-hydrogen) atoms. The molecule has 0 aliphatic rings. The average Bonchev–Trinajstić information content (AvgIpc) is 2.61. The third-order valence-electron chi connectivity index (χ3n) is 2.83. The maximum Gasteiger partial charge on any atom is 0.194 e. The van der Waals surface area contributed by atoms with Crippen molar-refractivity contribution in [2.24, 2.45) is 0 Å². The molecule has 2 nitrogen and oxygen atoms in total. The normalized spacial score (nSPS) is 10.5. The van der Waals surface area contributed by atoms with Gasteiger partial charge in [0.2, 0.25) is 0 Å².